The van der Waals surface area contributed by atoms with Crippen molar-refractivity contribution in [2.75, 3.05) is 6.61 Å². The second kappa shape index (κ2) is 6.21. The molecule has 0 amide bonds. The fraction of sp³-hybridized carbons (Fsp3) is 0.273. The fourth-order valence-electron chi connectivity index (χ4n) is 1.13. The quantitative estimate of drug-likeness (QED) is 0.363. The van der Waals surface area contributed by atoms with E-state index in [1.54, 1.807) is 0 Å². The molecule has 0 unspecified atom stereocenters. The van der Waals surface area contributed by atoms with E-state index in [4.69, 9.17) is 11.2 Å². The van der Waals surface area contributed by atoms with Crippen LogP contribution in [0.3, 0.4) is 0 Å². The van der Waals surface area contributed by atoms with E-state index in [9.17, 15) is 14.5 Å². The molecular weight excluding hydrogens is 293 g/mol. The molecule has 0 saturated heterocycles. The molecule has 90 valence electrons. The summed E-state index contributed by atoms with van der Waals surface area (Å²) in [5.41, 5.74) is -0.279. The molecule has 0 bridgehead atoms. The zero-order valence-corrected chi connectivity index (χ0v) is 10.4. The summed E-state index contributed by atoms with van der Waals surface area (Å²) in [6.07, 6.45) is 6.12. The maximum absolute atomic E-state index is 13.2. The summed E-state index contributed by atoms with van der Waals surface area (Å²) in [6.45, 7) is 0.214. The van der Waals surface area contributed by atoms with Crippen molar-refractivity contribution in [1.82, 2.24) is 0 Å². The molecule has 0 aromatic heterocycles. The molecule has 0 spiro atoms. The zero-order valence-electron chi connectivity index (χ0n) is 8.78. The highest BCUT2D eigenvalue weighted by Crippen LogP contribution is 2.32. The summed E-state index contributed by atoms with van der Waals surface area (Å²) < 4.78 is 18.4. The molecule has 0 radical (unpaired) electrons. The van der Waals surface area contributed by atoms with Gasteiger partial charge in [-0.3, -0.25) is 10.1 Å². The lowest BCUT2D eigenvalue weighted by atomic mass is 10.3. The van der Waals surface area contributed by atoms with Gasteiger partial charge in [0.05, 0.1) is 16.0 Å². The topological polar surface area (TPSA) is 52.4 Å². The third-order valence-corrected chi connectivity index (χ3v) is 2.53. The number of benzene rings is 1. The van der Waals surface area contributed by atoms with Gasteiger partial charge < -0.3 is 4.74 Å². The first-order valence-electron chi connectivity index (χ1n) is 4.76. The number of hydrogen-bond acceptors (Lipinski definition) is 3. The maximum atomic E-state index is 13.2. The minimum absolute atomic E-state index is 0.0279. The van der Waals surface area contributed by atoms with Crippen molar-refractivity contribution < 1.29 is 14.1 Å². The van der Waals surface area contributed by atoms with E-state index in [0.29, 0.717) is 12.8 Å². The molecule has 17 heavy (non-hydrogen) atoms. The predicted octanol–water partition coefficient (Wildman–Crippen LogP) is 3.29. The van der Waals surface area contributed by atoms with Gasteiger partial charge in [0.1, 0.15) is 5.82 Å². The Morgan fingerprint density at radius 1 is 1.59 bits per heavy atom. The summed E-state index contributed by atoms with van der Waals surface area (Å²) in [5, 5.41) is 10.7. The number of nitrogens with zero attached hydrogens (tertiary/aromatic N) is 1. The van der Waals surface area contributed by atoms with Crippen LogP contribution in [0.1, 0.15) is 12.8 Å². The van der Waals surface area contributed by atoms with E-state index >= 15 is 0 Å². The summed E-state index contributed by atoms with van der Waals surface area (Å²) in [4.78, 5) is 10.1. The zero-order chi connectivity index (χ0) is 12.8. The first kappa shape index (κ1) is 13.5. The number of nitro benzene ring substituents is 1. The molecule has 0 fully saturated rings. The summed E-state index contributed by atoms with van der Waals surface area (Å²) >= 11 is 2.88. The van der Waals surface area contributed by atoms with E-state index in [1.807, 2.05) is 0 Å². The minimum Gasteiger partial charge on any atom is -0.487 e. The van der Waals surface area contributed by atoms with Gasteiger partial charge in [-0.05, 0) is 22.4 Å². The van der Waals surface area contributed by atoms with Crippen LogP contribution in [0.15, 0.2) is 16.6 Å². The Balaban J connectivity index is 2.86. The summed E-state index contributed by atoms with van der Waals surface area (Å²) in [5.74, 6) is 1.72. The SMILES string of the molecule is C#CCCCOc1cc(F)c(Br)cc1[N+](=O)[O-]. The number of ether oxygens (including phenoxy) is 1. The highest BCUT2D eigenvalue weighted by molar-refractivity contribution is 9.10. The third-order valence-electron chi connectivity index (χ3n) is 1.92. The van der Waals surface area contributed by atoms with Crippen LogP contribution in [0, 0.1) is 28.3 Å². The predicted molar refractivity (Wildman–Crippen MR) is 64.3 cm³/mol. The molecular formula is C11H9BrFNO3. The average Bonchev–Trinajstić information content (AvgIpc) is 2.28. The van der Waals surface area contributed by atoms with Gasteiger partial charge in [0.15, 0.2) is 5.75 Å². The van der Waals surface area contributed by atoms with E-state index < -0.39 is 10.7 Å². The Kier molecular flexibility index (Phi) is 4.91. The van der Waals surface area contributed by atoms with Gasteiger partial charge in [0.25, 0.3) is 0 Å². The van der Waals surface area contributed by atoms with E-state index in [2.05, 4.69) is 21.9 Å². The van der Waals surface area contributed by atoms with Crippen LogP contribution in [-0.2, 0) is 0 Å². The highest BCUT2D eigenvalue weighted by Gasteiger charge is 2.18. The van der Waals surface area contributed by atoms with Gasteiger partial charge in [-0.2, -0.15) is 0 Å². The van der Waals surface area contributed by atoms with E-state index in [-0.39, 0.29) is 22.5 Å². The molecule has 0 aliphatic heterocycles. The van der Waals surface area contributed by atoms with Crippen LogP contribution in [-0.4, -0.2) is 11.5 Å². The molecule has 0 aliphatic carbocycles. The van der Waals surface area contributed by atoms with Gasteiger partial charge in [-0.25, -0.2) is 4.39 Å². The maximum Gasteiger partial charge on any atom is 0.312 e. The lowest BCUT2D eigenvalue weighted by Gasteiger charge is -2.06. The van der Waals surface area contributed by atoms with Crippen molar-refractivity contribution in [1.29, 1.82) is 0 Å². The molecule has 0 heterocycles. The third kappa shape index (κ3) is 3.71. The van der Waals surface area contributed by atoms with Crippen molar-refractivity contribution in [2.45, 2.75) is 12.8 Å². The second-order valence-electron chi connectivity index (χ2n) is 3.15. The molecule has 6 heteroatoms. The Bertz CT molecular complexity index is 471. The monoisotopic (exact) mass is 301 g/mol. The number of hydrogen-bond donors (Lipinski definition) is 0. The Hall–Kier alpha value is -1.61. The summed E-state index contributed by atoms with van der Waals surface area (Å²) in [7, 11) is 0. The van der Waals surface area contributed by atoms with Gasteiger partial charge in [-0.15, -0.1) is 12.3 Å². The van der Waals surface area contributed by atoms with Gasteiger partial charge >= 0.3 is 5.69 Å². The smallest absolute Gasteiger partial charge is 0.312 e. The van der Waals surface area contributed by atoms with Crippen LogP contribution < -0.4 is 4.74 Å². The molecule has 4 nitrogen and oxygen atoms in total. The van der Waals surface area contributed by atoms with Gasteiger partial charge in [0, 0.05) is 18.6 Å². The van der Waals surface area contributed by atoms with Crippen LogP contribution in [0.5, 0.6) is 5.75 Å². The van der Waals surface area contributed by atoms with Crippen molar-refractivity contribution in [3.8, 4) is 18.1 Å². The Morgan fingerprint density at radius 3 is 2.88 bits per heavy atom. The molecule has 0 atom stereocenters. The fourth-order valence-corrected chi connectivity index (χ4v) is 1.46. The normalized spacial score (nSPS) is 9.71. The van der Waals surface area contributed by atoms with Crippen molar-refractivity contribution in [3.05, 3.63) is 32.5 Å². The molecule has 0 N–H and O–H groups in total. The minimum atomic E-state index is -0.624. The average molecular weight is 302 g/mol. The number of terminal acetylenes is 1. The number of nitro groups is 1. The molecule has 1 aromatic rings. The van der Waals surface area contributed by atoms with Crippen molar-refractivity contribution in [2.24, 2.45) is 0 Å². The molecule has 0 saturated carbocycles. The first-order valence-corrected chi connectivity index (χ1v) is 5.55. The molecule has 1 aromatic carbocycles. The number of halogens is 2. The standard InChI is InChI=1S/C11H9BrFNO3/c1-2-3-4-5-17-11-7-9(13)8(12)6-10(11)14(15)16/h1,6-7H,3-5H2. The van der Waals surface area contributed by atoms with Crippen LogP contribution in [0.25, 0.3) is 0 Å². The van der Waals surface area contributed by atoms with E-state index in [0.717, 1.165) is 12.1 Å². The highest BCUT2D eigenvalue weighted by atomic mass is 79.9. The van der Waals surface area contributed by atoms with Crippen LogP contribution in [0.4, 0.5) is 10.1 Å². The van der Waals surface area contributed by atoms with Crippen LogP contribution in [0.2, 0.25) is 0 Å². The van der Waals surface area contributed by atoms with Gasteiger partial charge in [-0.1, -0.05) is 0 Å². The second-order valence-corrected chi connectivity index (χ2v) is 4.00. The Labute approximate surface area is 106 Å². The molecule has 0 aliphatic rings. The van der Waals surface area contributed by atoms with Gasteiger partial charge in [0.2, 0.25) is 0 Å². The first-order chi connectivity index (χ1) is 8.06. The molecule has 1 rings (SSSR count). The lowest BCUT2D eigenvalue weighted by Crippen LogP contribution is -2.01. The Morgan fingerprint density at radius 2 is 2.29 bits per heavy atom. The van der Waals surface area contributed by atoms with Crippen molar-refractivity contribution in [3.63, 3.8) is 0 Å². The number of rotatable bonds is 5. The van der Waals surface area contributed by atoms with Crippen molar-refractivity contribution >= 4 is 21.6 Å². The van der Waals surface area contributed by atoms with E-state index in [1.165, 1.54) is 0 Å². The lowest BCUT2D eigenvalue weighted by molar-refractivity contribution is -0.386. The largest absolute Gasteiger partial charge is 0.487 e. The number of unbranched alkanes of at least 4 members (excludes halogenated alkanes) is 1. The van der Waals surface area contributed by atoms with Crippen LogP contribution >= 0.6 is 15.9 Å². The summed E-state index contributed by atoms with van der Waals surface area (Å²) in [6, 6.07) is 2.06.